The van der Waals surface area contributed by atoms with E-state index in [-0.39, 0.29) is 6.04 Å². The molecule has 0 amide bonds. The third kappa shape index (κ3) is 4.13. The smallest absolute Gasteiger partial charge is 0.0542 e. The summed E-state index contributed by atoms with van der Waals surface area (Å²) in [6.45, 7) is 5.89. The summed E-state index contributed by atoms with van der Waals surface area (Å²) < 4.78 is 1.06. The third-order valence-electron chi connectivity index (χ3n) is 2.25. The van der Waals surface area contributed by atoms with Crippen LogP contribution in [0, 0.1) is 3.57 Å². The van der Waals surface area contributed by atoms with E-state index in [1.54, 1.807) is 0 Å². The van der Waals surface area contributed by atoms with Gasteiger partial charge in [0.05, 0.1) is 5.02 Å². The van der Waals surface area contributed by atoms with Gasteiger partial charge >= 0.3 is 0 Å². The molecule has 0 spiro atoms. The van der Waals surface area contributed by atoms with Crippen LogP contribution in [0.25, 0.3) is 0 Å². The average Bonchev–Trinajstić information content (AvgIpc) is 2.18. The molecule has 0 saturated heterocycles. The van der Waals surface area contributed by atoms with Crippen molar-refractivity contribution in [1.82, 2.24) is 0 Å². The zero-order chi connectivity index (χ0) is 11.4. The van der Waals surface area contributed by atoms with Crippen LogP contribution >= 0.6 is 34.2 Å². The van der Waals surface area contributed by atoms with Gasteiger partial charge in [0.1, 0.15) is 0 Å². The number of nitrogens with two attached hydrogens (primary N) is 1. The summed E-state index contributed by atoms with van der Waals surface area (Å²) in [6.07, 6.45) is 1.89. The van der Waals surface area contributed by atoms with Crippen LogP contribution in [0.3, 0.4) is 0 Å². The van der Waals surface area contributed by atoms with E-state index in [4.69, 9.17) is 17.3 Å². The highest BCUT2D eigenvalue weighted by Gasteiger charge is 2.07. The van der Waals surface area contributed by atoms with Gasteiger partial charge in [0.2, 0.25) is 0 Å². The Morgan fingerprint density at radius 3 is 2.80 bits per heavy atom. The molecule has 1 aromatic rings. The molecule has 0 aromatic heterocycles. The van der Waals surface area contributed by atoms with Gasteiger partial charge in [-0.25, -0.2) is 0 Å². The zero-order valence-corrected chi connectivity index (χ0v) is 11.7. The fourth-order valence-electron chi connectivity index (χ4n) is 1.31. The van der Waals surface area contributed by atoms with E-state index in [0.717, 1.165) is 27.0 Å². The molecule has 0 saturated carbocycles. The Balaban J connectivity index is 2.69. The quantitative estimate of drug-likeness (QED) is 0.644. The van der Waals surface area contributed by atoms with E-state index in [2.05, 4.69) is 29.2 Å². The number of hydrogen-bond donors (Lipinski definition) is 1. The summed E-state index contributed by atoms with van der Waals surface area (Å²) >= 11 is 8.25. The van der Waals surface area contributed by atoms with Crippen LogP contribution in [0.15, 0.2) is 30.4 Å². The number of hydrogen-bond acceptors (Lipinski definition) is 1. The normalized spacial score (nSPS) is 12.5. The van der Waals surface area contributed by atoms with Crippen molar-refractivity contribution in [3.05, 3.63) is 44.5 Å². The van der Waals surface area contributed by atoms with Crippen molar-refractivity contribution >= 4 is 34.2 Å². The molecule has 1 aromatic carbocycles. The molecule has 0 aliphatic carbocycles. The Morgan fingerprint density at radius 2 is 2.27 bits per heavy atom. The number of benzene rings is 1. The first-order chi connectivity index (χ1) is 7.00. The van der Waals surface area contributed by atoms with Crippen LogP contribution < -0.4 is 5.73 Å². The van der Waals surface area contributed by atoms with Crippen molar-refractivity contribution in [2.45, 2.75) is 25.8 Å². The molecule has 0 fully saturated rings. The molecule has 1 atom stereocenters. The summed E-state index contributed by atoms with van der Waals surface area (Å²) in [5.74, 6) is 0. The maximum Gasteiger partial charge on any atom is 0.0542 e. The second kappa shape index (κ2) is 5.87. The summed E-state index contributed by atoms with van der Waals surface area (Å²) in [4.78, 5) is 0. The Bertz CT molecular complexity index is 363. The van der Waals surface area contributed by atoms with E-state index in [0.29, 0.717) is 0 Å². The standard InChI is InChI=1S/C12H15ClIN/c1-8(2)3-6-12(15)9-4-5-11(14)10(13)7-9/h4-5,7,12H,1,3,6,15H2,2H3. The highest BCUT2D eigenvalue weighted by atomic mass is 127. The first-order valence-corrected chi connectivity index (χ1v) is 6.31. The topological polar surface area (TPSA) is 26.0 Å². The van der Waals surface area contributed by atoms with Crippen molar-refractivity contribution < 1.29 is 0 Å². The lowest BCUT2D eigenvalue weighted by Gasteiger charge is -2.12. The number of rotatable bonds is 4. The van der Waals surface area contributed by atoms with E-state index in [1.807, 2.05) is 25.1 Å². The van der Waals surface area contributed by atoms with Crippen molar-refractivity contribution in [1.29, 1.82) is 0 Å². The third-order valence-corrected chi connectivity index (χ3v) is 3.83. The van der Waals surface area contributed by atoms with Crippen molar-refractivity contribution in [2.75, 3.05) is 0 Å². The first-order valence-electron chi connectivity index (χ1n) is 4.85. The second-order valence-corrected chi connectivity index (χ2v) is 5.35. The number of halogens is 2. The second-order valence-electron chi connectivity index (χ2n) is 3.78. The van der Waals surface area contributed by atoms with Gasteiger partial charge in [0.15, 0.2) is 0 Å². The molecule has 1 unspecified atom stereocenters. The minimum Gasteiger partial charge on any atom is -0.324 e. The molecule has 0 aliphatic rings. The summed E-state index contributed by atoms with van der Waals surface area (Å²) in [6, 6.07) is 6.04. The van der Waals surface area contributed by atoms with Gasteiger partial charge in [-0.2, -0.15) is 0 Å². The van der Waals surface area contributed by atoms with Gasteiger partial charge in [0, 0.05) is 9.61 Å². The maximum absolute atomic E-state index is 6.06. The molecule has 0 radical (unpaired) electrons. The molecule has 0 aliphatic heterocycles. The molecule has 82 valence electrons. The van der Waals surface area contributed by atoms with Crippen LogP contribution in [-0.4, -0.2) is 0 Å². The van der Waals surface area contributed by atoms with Gasteiger partial charge in [-0.05, 0) is 60.1 Å². The van der Waals surface area contributed by atoms with Gasteiger partial charge in [-0.1, -0.05) is 23.2 Å². The van der Waals surface area contributed by atoms with E-state index >= 15 is 0 Å². The lowest BCUT2D eigenvalue weighted by atomic mass is 10.0. The number of allylic oxidation sites excluding steroid dienone is 1. The first kappa shape index (κ1) is 13.0. The van der Waals surface area contributed by atoms with Crippen molar-refractivity contribution in [2.24, 2.45) is 5.73 Å². The minimum absolute atomic E-state index is 0.0520. The Hall–Kier alpha value is -0.0600. The van der Waals surface area contributed by atoms with E-state index in [1.165, 1.54) is 5.57 Å². The monoisotopic (exact) mass is 335 g/mol. The molecular weight excluding hydrogens is 320 g/mol. The molecule has 0 bridgehead atoms. The molecule has 1 nitrogen and oxygen atoms in total. The SMILES string of the molecule is C=C(C)CCC(N)c1ccc(I)c(Cl)c1. The molecular formula is C12H15ClIN. The Kier molecular flexibility index (Phi) is 5.09. The Morgan fingerprint density at radius 1 is 1.60 bits per heavy atom. The minimum atomic E-state index is 0.0520. The van der Waals surface area contributed by atoms with Crippen LogP contribution in [-0.2, 0) is 0 Å². The van der Waals surface area contributed by atoms with Crippen LogP contribution in [0.2, 0.25) is 5.02 Å². The highest BCUT2D eigenvalue weighted by molar-refractivity contribution is 14.1. The summed E-state index contributed by atoms with van der Waals surface area (Å²) in [7, 11) is 0. The molecule has 0 heterocycles. The molecule has 2 N–H and O–H groups in total. The van der Waals surface area contributed by atoms with Crippen LogP contribution in [0.1, 0.15) is 31.4 Å². The molecule has 3 heteroatoms. The fourth-order valence-corrected chi connectivity index (χ4v) is 1.84. The highest BCUT2D eigenvalue weighted by Crippen LogP contribution is 2.24. The van der Waals surface area contributed by atoms with Crippen LogP contribution in [0.5, 0.6) is 0 Å². The predicted molar refractivity (Wildman–Crippen MR) is 75.1 cm³/mol. The van der Waals surface area contributed by atoms with Crippen molar-refractivity contribution in [3.8, 4) is 0 Å². The predicted octanol–water partition coefficient (Wildman–Crippen LogP) is 4.30. The summed E-state index contributed by atoms with van der Waals surface area (Å²) in [5, 5.41) is 0.777. The van der Waals surface area contributed by atoms with Crippen molar-refractivity contribution in [3.63, 3.8) is 0 Å². The lowest BCUT2D eigenvalue weighted by Crippen LogP contribution is -2.10. The Labute approximate surface area is 110 Å². The summed E-state index contributed by atoms with van der Waals surface area (Å²) in [5.41, 5.74) is 8.33. The van der Waals surface area contributed by atoms with E-state index in [9.17, 15) is 0 Å². The van der Waals surface area contributed by atoms with Gasteiger partial charge in [-0.3, -0.25) is 0 Å². The fraction of sp³-hybridized carbons (Fsp3) is 0.333. The maximum atomic E-state index is 6.06. The average molecular weight is 336 g/mol. The lowest BCUT2D eigenvalue weighted by molar-refractivity contribution is 0.649. The largest absolute Gasteiger partial charge is 0.324 e. The molecule has 15 heavy (non-hydrogen) atoms. The molecule has 1 rings (SSSR count). The van der Waals surface area contributed by atoms with Gasteiger partial charge < -0.3 is 5.73 Å². The van der Waals surface area contributed by atoms with Gasteiger partial charge in [-0.15, -0.1) is 6.58 Å². The van der Waals surface area contributed by atoms with Crippen LogP contribution in [0.4, 0.5) is 0 Å². The zero-order valence-electron chi connectivity index (χ0n) is 8.76. The van der Waals surface area contributed by atoms with Gasteiger partial charge in [0.25, 0.3) is 0 Å². The van der Waals surface area contributed by atoms with E-state index < -0.39 is 0 Å².